The Morgan fingerprint density at radius 2 is 1.36 bits per heavy atom. The summed E-state index contributed by atoms with van der Waals surface area (Å²) in [4.78, 5) is 0. The Labute approximate surface area is 66.7 Å². The third-order valence-corrected chi connectivity index (χ3v) is 2.39. The molecule has 3 atom stereocenters. The molecule has 0 aromatic carbocycles. The van der Waals surface area contributed by atoms with E-state index in [1.54, 1.807) is 0 Å². The first kappa shape index (κ1) is 8.97. The maximum atomic E-state index is 9.29. The summed E-state index contributed by atoms with van der Waals surface area (Å²) in [5.74, 6) is 0.381. The lowest BCUT2D eigenvalue weighted by Gasteiger charge is -2.30. The van der Waals surface area contributed by atoms with Crippen LogP contribution in [0.3, 0.4) is 0 Å². The van der Waals surface area contributed by atoms with Crippen molar-refractivity contribution in [3.8, 4) is 0 Å². The van der Waals surface area contributed by atoms with Crippen LogP contribution in [-0.2, 0) is 0 Å². The van der Waals surface area contributed by atoms with Gasteiger partial charge in [-0.1, -0.05) is 0 Å². The molecule has 3 heteroatoms. The molecule has 0 amide bonds. The van der Waals surface area contributed by atoms with Crippen LogP contribution in [0.2, 0.25) is 0 Å². The van der Waals surface area contributed by atoms with Gasteiger partial charge in [0.25, 0.3) is 0 Å². The van der Waals surface area contributed by atoms with E-state index < -0.39 is 0 Å². The lowest BCUT2D eigenvalue weighted by atomic mass is 9.80. The molecule has 0 bridgehead atoms. The molecule has 1 saturated carbocycles. The minimum absolute atomic E-state index is 0.133. The van der Waals surface area contributed by atoms with Crippen molar-refractivity contribution in [2.24, 2.45) is 11.8 Å². The molecule has 3 nitrogen and oxygen atoms in total. The molecule has 0 aliphatic heterocycles. The lowest BCUT2D eigenvalue weighted by molar-refractivity contribution is 0.0290. The monoisotopic (exact) mass is 160 g/mol. The molecule has 0 saturated heterocycles. The van der Waals surface area contributed by atoms with Crippen molar-refractivity contribution >= 4 is 0 Å². The smallest absolute Gasteiger partial charge is 0.0547 e. The number of aliphatic hydroxyl groups excluding tert-OH is 3. The Balaban J connectivity index is 2.37. The summed E-state index contributed by atoms with van der Waals surface area (Å²) in [7, 11) is 0. The predicted octanol–water partition coefficient (Wildman–Crippen LogP) is -0.252. The second-order valence-electron chi connectivity index (χ2n) is 3.46. The van der Waals surface area contributed by atoms with Gasteiger partial charge in [-0.05, 0) is 31.1 Å². The summed E-state index contributed by atoms with van der Waals surface area (Å²) >= 11 is 0. The van der Waals surface area contributed by atoms with E-state index in [-0.39, 0.29) is 31.2 Å². The quantitative estimate of drug-likeness (QED) is 0.522. The largest absolute Gasteiger partial charge is 0.396 e. The van der Waals surface area contributed by atoms with E-state index in [2.05, 4.69) is 0 Å². The van der Waals surface area contributed by atoms with Crippen molar-refractivity contribution < 1.29 is 15.3 Å². The fraction of sp³-hybridized carbons (Fsp3) is 1.00. The van der Waals surface area contributed by atoms with E-state index in [1.165, 1.54) is 0 Å². The highest BCUT2D eigenvalue weighted by atomic mass is 16.3. The van der Waals surface area contributed by atoms with E-state index in [0.29, 0.717) is 12.8 Å². The van der Waals surface area contributed by atoms with Crippen LogP contribution < -0.4 is 0 Å². The zero-order chi connectivity index (χ0) is 8.27. The van der Waals surface area contributed by atoms with Crippen molar-refractivity contribution in [3.63, 3.8) is 0 Å². The van der Waals surface area contributed by atoms with Crippen LogP contribution >= 0.6 is 0 Å². The van der Waals surface area contributed by atoms with E-state index in [1.807, 2.05) is 0 Å². The molecule has 0 aromatic rings. The molecule has 1 aliphatic rings. The van der Waals surface area contributed by atoms with Crippen LogP contribution in [0.4, 0.5) is 0 Å². The van der Waals surface area contributed by atoms with Gasteiger partial charge in [0.1, 0.15) is 0 Å². The van der Waals surface area contributed by atoms with Gasteiger partial charge < -0.3 is 15.3 Å². The van der Waals surface area contributed by atoms with Crippen LogP contribution in [-0.4, -0.2) is 34.6 Å². The van der Waals surface area contributed by atoms with Gasteiger partial charge in [0.15, 0.2) is 0 Å². The molecule has 66 valence electrons. The normalized spacial score (nSPS) is 39.0. The fourth-order valence-electron chi connectivity index (χ4n) is 1.83. The topological polar surface area (TPSA) is 60.7 Å². The lowest BCUT2D eigenvalue weighted by Crippen LogP contribution is -2.29. The highest BCUT2D eigenvalue weighted by Crippen LogP contribution is 2.28. The van der Waals surface area contributed by atoms with Crippen molar-refractivity contribution in [3.05, 3.63) is 0 Å². The van der Waals surface area contributed by atoms with Crippen LogP contribution in [0.5, 0.6) is 0 Å². The van der Waals surface area contributed by atoms with Crippen molar-refractivity contribution in [2.75, 3.05) is 13.2 Å². The second-order valence-corrected chi connectivity index (χ2v) is 3.46. The SMILES string of the molecule is OC[C@@H]1CC(O)C[C@H](CO)C1. The Kier molecular flexibility index (Phi) is 3.30. The molecule has 0 heterocycles. The molecule has 1 fully saturated rings. The average molecular weight is 160 g/mol. The number of hydrogen-bond donors (Lipinski definition) is 3. The summed E-state index contributed by atoms with van der Waals surface area (Å²) in [6.07, 6.45) is 1.90. The minimum atomic E-state index is -0.321. The van der Waals surface area contributed by atoms with Crippen LogP contribution in [0.1, 0.15) is 19.3 Å². The molecule has 11 heavy (non-hydrogen) atoms. The van der Waals surface area contributed by atoms with Gasteiger partial charge in [0.2, 0.25) is 0 Å². The fourth-order valence-corrected chi connectivity index (χ4v) is 1.83. The van der Waals surface area contributed by atoms with Crippen molar-refractivity contribution in [2.45, 2.75) is 25.4 Å². The third-order valence-electron chi connectivity index (χ3n) is 2.39. The maximum Gasteiger partial charge on any atom is 0.0547 e. The van der Waals surface area contributed by atoms with Gasteiger partial charge >= 0.3 is 0 Å². The van der Waals surface area contributed by atoms with Gasteiger partial charge in [-0.3, -0.25) is 0 Å². The van der Waals surface area contributed by atoms with E-state index in [4.69, 9.17) is 10.2 Å². The standard InChI is InChI=1S/C8H16O3/c9-4-6-1-7(5-10)3-8(11)2-6/h6-11H,1-5H2/t6-,7+,8?. The number of aliphatic hydroxyl groups is 3. The minimum Gasteiger partial charge on any atom is -0.396 e. The molecular formula is C8H16O3. The van der Waals surface area contributed by atoms with Gasteiger partial charge in [-0.2, -0.15) is 0 Å². The summed E-state index contributed by atoms with van der Waals surface area (Å²) in [5.41, 5.74) is 0. The maximum absolute atomic E-state index is 9.29. The highest BCUT2D eigenvalue weighted by molar-refractivity contribution is 4.77. The van der Waals surface area contributed by atoms with Gasteiger partial charge in [0, 0.05) is 13.2 Å². The zero-order valence-corrected chi connectivity index (χ0v) is 6.61. The molecule has 0 radical (unpaired) electrons. The molecule has 1 rings (SSSR count). The Bertz CT molecular complexity index is 104. The predicted molar refractivity (Wildman–Crippen MR) is 41.0 cm³/mol. The number of hydrogen-bond acceptors (Lipinski definition) is 3. The molecule has 0 aromatic heterocycles. The van der Waals surface area contributed by atoms with Gasteiger partial charge in [-0.25, -0.2) is 0 Å². The summed E-state index contributed by atoms with van der Waals surface area (Å²) < 4.78 is 0. The van der Waals surface area contributed by atoms with E-state index in [0.717, 1.165) is 6.42 Å². The van der Waals surface area contributed by atoms with E-state index >= 15 is 0 Å². The molecule has 1 aliphatic carbocycles. The van der Waals surface area contributed by atoms with Crippen LogP contribution in [0, 0.1) is 11.8 Å². The number of rotatable bonds is 2. The first-order valence-corrected chi connectivity index (χ1v) is 4.16. The van der Waals surface area contributed by atoms with Gasteiger partial charge in [-0.15, -0.1) is 0 Å². The summed E-state index contributed by atoms with van der Waals surface area (Å²) in [6.45, 7) is 0.265. The highest BCUT2D eigenvalue weighted by Gasteiger charge is 2.26. The first-order chi connectivity index (χ1) is 5.26. The Morgan fingerprint density at radius 3 is 1.73 bits per heavy atom. The van der Waals surface area contributed by atoms with Crippen LogP contribution in [0.25, 0.3) is 0 Å². The molecule has 1 unspecified atom stereocenters. The van der Waals surface area contributed by atoms with Crippen LogP contribution in [0.15, 0.2) is 0 Å². The Morgan fingerprint density at radius 1 is 0.909 bits per heavy atom. The van der Waals surface area contributed by atoms with Gasteiger partial charge in [0.05, 0.1) is 6.10 Å². The zero-order valence-electron chi connectivity index (χ0n) is 6.61. The Hall–Kier alpha value is -0.120. The third kappa shape index (κ3) is 2.43. The molecule has 3 N–H and O–H groups in total. The van der Waals surface area contributed by atoms with Crippen molar-refractivity contribution in [1.29, 1.82) is 0 Å². The average Bonchev–Trinajstić information content (AvgIpc) is 2.03. The van der Waals surface area contributed by atoms with E-state index in [9.17, 15) is 5.11 Å². The van der Waals surface area contributed by atoms with Crippen molar-refractivity contribution in [1.82, 2.24) is 0 Å². The summed E-state index contributed by atoms with van der Waals surface area (Å²) in [5, 5.41) is 26.9. The second kappa shape index (κ2) is 4.04. The first-order valence-electron chi connectivity index (χ1n) is 4.16. The molecular weight excluding hydrogens is 144 g/mol. The molecule has 0 spiro atoms. The summed E-state index contributed by atoms with van der Waals surface area (Å²) in [6, 6.07) is 0.